The maximum atomic E-state index is 9.10. The number of carboxylic acids is 2. The minimum absolute atomic E-state index is 0.833. The largest absolute Gasteiger partial charge is 0.473 e. The van der Waals surface area contributed by atoms with Crippen molar-refractivity contribution >= 4 is 23.5 Å². The van der Waals surface area contributed by atoms with Crippen LogP contribution in [0.25, 0.3) is 0 Å². The maximum Gasteiger partial charge on any atom is 0.414 e. The number of nitrogens with zero attached hydrogens (tertiary/aromatic N) is 2. The standard InChI is InChI=1S/C18H25ClN2.C2H2O4/c19-17-5-2-14(3-6-17)13-20-7-9-21(10-8-20)18-12-15-1-4-16(18)11-15;3-1(4)2(5)6/h2-3,5-6,15-16,18H,1,4,7-13H2;(H,3,4)(H,5,6). The summed E-state index contributed by atoms with van der Waals surface area (Å²) in [5, 5.41) is 15.6. The minimum atomic E-state index is -1.82. The zero-order valence-corrected chi connectivity index (χ0v) is 16.1. The van der Waals surface area contributed by atoms with Crippen molar-refractivity contribution in [3.63, 3.8) is 0 Å². The highest BCUT2D eigenvalue weighted by Crippen LogP contribution is 2.46. The van der Waals surface area contributed by atoms with Crippen LogP contribution in [0, 0.1) is 11.8 Å². The van der Waals surface area contributed by atoms with Gasteiger partial charge in [0.2, 0.25) is 0 Å². The number of aliphatic carboxylic acids is 2. The Morgan fingerprint density at radius 2 is 1.59 bits per heavy atom. The molecule has 1 saturated heterocycles. The zero-order chi connectivity index (χ0) is 19.4. The molecule has 6 nitrogen and oxygen atoms in total. The molecule has 27 heavy (non-hydrogen) atoms. The summed E-state index contributed by atoms with van der Waals surface area (Å²) in [5.41, 5.74) is 1.38. The second-order valence-corrected chi connectivity index (χ2v) is 8.23. The number of halogens is 1. The van der Waals surface area contributed by atoms with E-state index in [1.54, 1.807) is 0 Å². The van der Waals surface area contributed by atoms with Gasteiger partial charge in [0.15, 0.2) is 0 Å². The first-order chi connectivity index (χ1) is 12.9. The van der Waals surface area contributed by atoms with Crippen LogP contribution in [0.1, 0.15) is 31.2 Å². The highest BCUT2D eigenvalue weighted by Gasteiger charge is 2.42. The third-order valence-electron chi connectivity index (χ3n) is 6.08. The summed E-state index contributed by atoms with van der Waals surface area (Å²) in [5.74, 6) is -1.56. The molecule has 3 atom stereocenters. The molecule has 1 heterocycles. The number of rotatable bonds is 3. The quantitative estimate of drug-likeness (QED) is 0.767. The van der Waals surface area contributed by atoms with Crippen molar-refractivity contribution in [3.05, 3.63) is 34.9 Å². The predicted molar refractivity (Wildman–Crippen MR) is 103 cm³/mol. The van der Waals surface area contributed by atoms with E-state index in [2.05, 4.69) is 21.9 Å². The summed E-state index contributed by atoms with van der Waals surface area (Å²) in [7, 11) is 0. The fraction of sp³-hybridized carbons (Fsp3) is 0.600. The summed E-state index contributed by atoms with van der Waals surface area (Å²) in [6.45, 7) is 6.04. The van der Waals surface area contributed by atoms with Crippen LogP contribution < -0.4 is 0 Å². The Hall–Kier alpha value is -1.63. The maximum absolute atomic E-state index is 9.10. The average molecular weight is 395 g/mol. The van der Waals surface area contributed by atoms with Gasteiger partial charge in [-0.25, -0.2) is 9.59 Å². The lowest BCUT2D eigenvalue weighted by atomic mass is 9.93. The van der Waals surface area contributed by atoms with Crippen LogP contribution in [0.4, 0.5) is 0 Å². The molecule has 148 valence electrons. The molecule has 2 saturated carbocycles. The van der Waals surface area contributed by atoms with Crippen LogP contribution in [0.2, 0.25) is 5.02 Å². The predicted octanol–water partition coefficient (Wildman–Crippen LogP) is 2.80. The van der Waals surface area contributed by atoms with Crippen molar-refractivity contribution in [2.24, 2.45) is 11.8 Å². The Labute approximate surface area is 164 Å². The Bertz CT molecular complexity index is 646. The van der Waals surface area contributed by atoms with Gasteiger partial charge in [-0.15, -0.1) is 0 Å². The third-order valence-corrected chi connectivity index (χ3v) is 6.33. The summed E-state index contributed by atoms with van der Waals surface area (Å²) in [6, 6.07) is 9.24. The Morgan fingerprint density at radius 1 is 0.963 bits per heavy atom. The van der Waals surface area contributed by atoms with Gasteiger partial charge in [0, 0.05) is 43.8 Å². The van der Waals surface area contributed by atoms with Gasteiger partial charge in [-0.05, 0) is 48.8 Å². The van der Waals surface area contributed by atoms with E-state index < -0.39 is 11.9 Å². The first-order valence-corrected chi connectivity index (χ1v) is 9.97. The highest BCUT2D eigenvalue weighted by molar-refractivity contribution is 6.30. The molecule has 2 bridgehead atoms. The second kappa shape index (κ2) is 9.04. The van der Waals surface area contributed by atoms with Gasteiger partial charge in [-0.3, -0.25) is 9.80 Å². The van der Waals surface area contributed by atoms with Gasteiger partial charge in [0.05, 0.1) is 0 Å². The highest BCUT2D eigenvalue weighted by atomic mass is 35.5. The van der Waals surface area contributed by atoms with Crippen molar-refractivity contribution in [1.29, 1.82) is 0 Å². The van der Waals surface area contributed by atoms with E-state index in [1.807, 2.05) is 12.1 Å². The number of piperazine rings is 1. The van der Waals surface area contributed by atoms with E-state index in [0.717, 1.165) is 29.4 Å². The molecule has 0 radical (unpaired) electrons. The number of carbonyl (C=O) groups is 2. The van der Waals surface area contributed by atoms with Gasteiger partial charge in [0.1, 0.15) is 0 Å². The smallest absolute Gasteiger partial charge is 0.414 e. The van der Waals surface area contributed by atoms with E-state index >= 15 is 0 Å². The fourth-order valence-corrected chi connectivity index (χ4v) is 4.89. The minimum Gasteiger partial charge on any atom is -0.473 e. The van der Waals surface area contributed by atoms with Gasteiger partial charge < -0.3 is 10.2 Å². The molecule has 1 aromatic rings. The SMILES string of the molecule is Clc1ccc(CN2CCN(C3CC4CCC3C4)CC2)cc1.O=C(O)C(=O)O. The fourth-order valence-electron chi connectivity index (χ4n) is 4.76. The molecule has 2 aliphatic carbocycles. The second-order valence-electron chi connectivity index (χ2n) is 7.79. The lowest BCUT2D eigenvalue weighted by molar-refractivity contribution is -0.159. The molecule has 3 aliphatic rings. The first-order valence-electron chi connectivity index (χ1n) is 9.59. The van der Waals surface area contributed by atoms with Gasteiger partial charge in [-0.1, -0.05) is 30.2 Å². The van der Waals surface area contributed by atoms with Crippen LogP contribution in [0.5, 0.6) is 0 Å². The molecule has 3 unspecified atom stereocenters. The topological polar surface area (TPSA) is 81.1 Å². The van der Waals surface area contributed by atoms with E-state index in [0.29, 0.717) is 0 Å². The van der Waals surface area contributed by atoms with Crippen LogP contribution in [-0.2, 0) is 16.1 Å². The average Bonchev–Trinajstić information content (AvgIpc) is 3.28. The molecule has 0 aromatic heterocycles. The summed E-state index contributed by atoms with van der Waals surface area (Å²) >= 11 is 5.96. The molecule has 3 fully saturated rings. The number of hydrogen-bond donors (Lipinski definition) is 2. The molecule has 0 amide bonds. The number of carboxylic acid groups (broad SMARTS) is 2. The van der Waals surface area contributed by atoms with Crippen LogP contribution in [0.15, 0.2) is 24.3 Å². The molecular formula is C20H27ClN2O4. The Kier molecular flexibility index (Phi) is 6.73. The summed E-state index contributed by atoms with van der Waals surface area (Å²) in [6.07, 6.45) is 6.02. The lowest BCUT2D eigenvalue weighted by Crippen LogP contribution is -2.51. The van der Waals surface area contributed by atoms with Crippen LogP contribution in [0.3, 0.4) is 0 Å². The molecule has 4 rings (SSSR count). The van der Waals surface area contributed by atoms with Gasteiger partial charge in [0.25, 0.3) is 0 Å². The van der Waals surface area contributed by atoms with Gasteiger partial charge in [-0.2, -0.15) is 0 Å². The van der Waals surface area contributed by atoms with E-state index in [4.69, 9.17) is 31.4 Å². The molecule has 2 N–H and O–H groups in total. The van der Waals surface area contributed by atoms with Crippen molar-refractivity contribution in [3.8, 4) is 0 Å². The van der Waals surface area contributed by atoms with Crippen LogP contribution in [-0.4, -0.2) is 64.2 Å². The monoisotopic (exact) mass is 394 g/mol. The Balaban J connectivity index is 0.000000307. The van der Waals surface area contributed by atoms with Crippen molar-refractivity contribution in [2.75, 3.05) is 26.2 Å². The number of benzene rings is 1. The molecule has 1 aromatic carbocycles. The molecule has 0 spiro atoms. The van der Waals surface area contributed by atoms with Crippen molar-refractivity contribution in [1.82, 2.24) is 9.80 Å². The number of fused-ring (bicyclic) bond motifs is 2. The first kappa shape index (κ1) is 20.1. The zero-order valence-electron chi connectivity index (χ0n) is 15.4. The molecule has 1 aliphatic heterocycles. The van der Waals surface area contributed by atoms with Crippen molar-refractivity contribution < 1.29 is 19.8 Å². The van der Waals surface area contributed by atoms with Crippen LogP contribution >= 0.6 is 11.6 Å². The third kappa shape index (κ3) is 5.43. The lowest BCUT2D eigenvalue weighted by Gasteiger charge is -2.41. The number of hydrogen-bond acceptors (Lipinski definition) is 4. The summed E-state index contributed by atoms with van der Waals surface area (Å²) in [4.78, 5) is 23.6. The van der Waals surface area contributed by atoms with Crippen molar-refractivity contribution in [2.45, 2.75) is 38.3 Å². The van der Waals surface area contributed by atoms with E-state index in [9.17, 15) is 0 Å². The van der Waals surface area contributed by atoms with E-state index in [1.165, 1.54) is 57.4 Å². The Morgan fingerprint density at radius 3 is 2.07 bits per heavy atom. The van der Waals surface area contributed by atoms with Gasteiger partial charge >= 0.3 is 11.9 Å². The normalized spacial score (nSPS) is 27.8. The molecular weight excluding hydrogens is 368 g/mol. The van der Waals surface area contributed by atoms with E-state index in [-0.39, 0.29) is 0 Å². The molecule has 7 heteroatoms. The summed E-state index contributed by atoms with van der Waals surface area (Å²) < 4.78 is 0.